The van der Waals surface area contributed by atoms with Crippen LogP contribution in [0.2, 0.25) is 0 Å². The fourth-order valence-electron chi connectivity index (χ4n) is 1.73. The minimum atomic E-state index is -1.01. The van der Waals surface area contributed by atoms with Gasteiger partial charge in [-0.2, -0.15) is 0 Å². The molecular weight excluding hydrogens is 363 g/mol. The number of anilines is 1. The number of nitro benzene ring substituents is 1. The van der Waals surface area contributed by atoms with Gasteiger partial charge >= 0.3 is 5.97 Å². The van der Waals surface area contributed by atoms with Crippen molar-refractivity contribution >= 4 is 39.9 Å². The molecule has 0 fully saturated rings. The van der Waals surface area contributed by atoms with Crippen molar-refractivity contribution in [1.82, 2.24) is 0 Å². The van der Waals surface area contributed by atoms with Crippen LogP contribution in [0.5, 0.6) is 0 Å². The molecule has 0 aliphatic heterocycles. The molecule has 1 aromatic rings. The first kappa shape index (κ1) is 15.7. The Labute approximate surface area is 124 Å². The predicted octanol–water partition coefficient (Wildman–Crippen LogP) is 2.89. The van der Waals surface area contributed by atoms with Crippen molar-refractivity contribution in [1.29, 1.82) is 0 Å². The van der Waals surface area contributed by atoms with Crippen LogP contribution in [-0.2, 0) is 4.79 Å². The molecule has 0 spiro atoms. The Balaban J connectivity index is 3.28. The van der Waals surface area contributed by atoms with Gasteiger partial charge in [-0.1, -0.05) is 6.92 Å². The zero-order chi connectivity index (χ0) is 14.6. The van der Waals surface area contributed by atoms with E-state index < -0.39 is 10.9 Å². The van der Waals surface area contributed by atoms with E-state index in [1.165, 1.54) is 6.07 Å². The smallest absolute Gasteiger partial charge is 0.323 e. The molecule has 0 aromatic heterocycles. The lowest BCUT2D eigenvalue weighted by Crippen LogP contribution is -2.37. The van der Waals surface area contributed by atoms with Crippen molar-refractivity contribution in [2.45, 2.75) is 26.3 Å². The van der Waals surface area contributed by atoms with E-state index in [-0.39, 0.29) is 18.3 Å². The molecule has 1 atom stereocenters. The molecule has 1 unspecified atom stereocenters. The summed E-state index contributed by atoms with van der Waals surface area (Å²) in [6, 6.07) is 4.71. The van der Waals surface area contributed by atoms with Crippen LogP contribution in [0.3, 0.4) is 0 Å². The van der Waals surface area contributed by atoms with E-state index in [1.54, 1.807) is 17.0 Å². The van der Waals surface area contributed by atoms with E-state index in [9.17, 15) is 14.9 Å². The fraction of sp³-hybridized carbons (Fsp3) is 0.417. The summed E-state index contributed by atoms with van der Waals surface area (Å²) in [5.41, 5.74) is 0.288. The van der Waals surface area contributed by atoms with Gasteiger partial charge in [0.05, 0.1) is 4.92 Å². The second-order valence-electron chi connectivity index (χ2n) is 4.17. The van der Waals surface area contributed by atoms with Gasteiger partial charge in [0.15, 0.2) is 0 Å². The van der Waals surface area contributed by atoms with E-state index in [0.29, 0.717) is 12.1 Å². The molecule has 0 amide bonds. The van der Waals surface area contributed by atoms with E-state index in [2.05, 4.69) is 0 Å². The molecule has 0 aliphatic carbocycles. The quantitative estimate of drug-likeness (QED) is 0.468. The van der Waals surface area contributed by atoms with Crippen LogP contribution in [0.15, 0.2) is 18.2 Å². The molecule has 1 rings (SSSR count). The second kappa shape index (κ2) is 6.69. The minimum absolute atomic E-state index is 0.0616. The van der Waals surface area contributed by atoms with Crippen LogP contribution in [0.25, 0.3) is 0 Å². The highest BCUT2D eigenvalue weighted by Crippen LogP contribution is 2.31. The van der Waals surface area contributed by atoms with Gasteiger partial charge in [0, 0.05) is 15.7 Å². The molecule has 0 bridgehead atoms. The van der Waals surface area contributed by atoms with Gasteiger partial charge in [-0.15, -0.1) is 0 Å². The maximum Gasteiger partial charge on any atom is 0.323 e. The van der Waals surface area contributed by atoms with Crippen LogP contribution in [0, 0.1) is 13.7 Å². The minimum Gasteiger partial charge on any atom is -0.480 e. The molecule has 0 radical (unpaired) electrons. The zero-order valence-corrected chi connectivity index (χ0v) is 12.8. The highest BCUT2D eigenvalue weighted by molar-refractivity contribution is 14.1. The largest absolute Gasteiger partial charge is 0.480 e. The van der Waals surface area contributed by atoms with E-state index in [4.69, 9.17) is 5.11 Å². The highest BCUT2D eigenvalue weighted by Gasteiger charge is 2.24. The number of rotatable bonds is 6. The molecule has 0 saturated heterocycles. The lowest BCUT2D eigenvalue weighted by atomic mass is 10.1. The Morgan fingerprint density at radius 2 is 2.21 bits per heavy atom. The summed E-state index contributed by atoms with van der Waals surface area (Å²) < 4.78 is 0.743. The monoisotopic (exact) mass is 378 g/mol. The summed E-state index contributed by atoms with van der Waals surface area (Å²) in [5.74, 6) is -1.01. The first-order valence-corrected chi connectivity index (χ1v) is 6.87. The third-order valence-electron chi connectivity index (χ3n) is 2.87. The van der Waals surface area contributed by atoms with Crippen molar-refractivity contribution in [2.24, 2.45) is 0 Å². The first-order chi connectivity index (χ1) is 8.86. The van der Waals surface area contributed by atoms with Gasteiger partial charge in [0.2, 0.25) is 0 Å². The van der Waals surface area contributed by atoms with Crippen molar-refractivity contribution < 1.29 is 14.8 Å². The number of nitro groups is 1. The van der Waals surface area contributed by atoms with Gasteiger partial charge in [-0.25, -0.2) is 0 Å². The number of carboxylic acid groups (broad SMARTS) is 1. The van der Waals surface area contributed by atoms with Gasteiger partial charge in [0.25, 0.3) is 5.69 Å². The van der Waals surface area contributed by atoms with Crippen molar-refractivity contribution in [2.75, 3.05) is 11.4 Å². The first-order valence-electron chi connectivity index (χ1n) is 5.79. The average molecular weight is 378 g/mol. The van der Waals surface area contributed by atoms with E-state index in [1.807, 2.05) is 36.4 Å². The molecule has 19 heavy (non-hydrogen) atoms. The number of hydrogen-bond donors (Lipinski definition) is 1. The maximum atomic E-state index is 11.1. The summed E-state index contributed by atoms with van der Waals surface area (Å²) in [4.78, 5) is 23.1. The Morgan fingerprint density at radius 3 is 2.68 bits per heavy atom. The van der Waals surface area contributed by atoms with Crippen LogP contribution < -0.4 is 4.90 Å². The number of carbonyl (C=O) groups is 1. The van der Waals surface area contributed by atoms with Gasteiger partial charge in [0.1, 0.15) is 12.2 Å². The normalized spacial score (nSPS) is 11.9. The summed E-state index contributed by atoms with van der Waals surface area (Å²) in [7, 11) is 0. The van der Waals surface area contributed by atoms with Crippen LogP contribution in [0.4, 0.5) is 11.4 Å². The molecule has 0 saturated carbocycles. The summed E-state index contributed by atoms with van der Waals surface area (Å²) in [5, 5.41) is 20.1. The van der Waals surface area contributed by atoms with Gasteiger partial charge in [-0.05, 0) is 48.1 Å². The lowest BCUT2D eigenvalue weighted by Gasteiger charge is -2.28. The topological polar surface area (TPSA) is 83.7 Å². The highest BCUT2D eigenvalue weighted by atomic mass is 127. The van der Waals surface area contributed by atoms with Gasteiger partial charge < -0.3 is 10.0 Å². The molecule has 104 valence electrons. The molecule has 7 heteroatoms. The summed E-state index contributed by atoms with van der Waals surface area (Å²) in [6.45, 7) is 3.51. The van der Waals surface area contributed by atoms with Crippen molar-refractivity contribution in [3.8, 4) is 0 Å². The number of nitrogens with zero attached hydrogens (tertiary/aromatic N) is 2. The molecule has 1 aromatic carbocycles. The van der Waals surface area contributed by atoms with Crippen LogP contribution in [-0.4, -0.2) is 28.6 Å². The Bertz CT molecular complexity index is 493. The molecule has 0 heterocycles. The molecule has 6 nitrogen and oxygen atoms in total. The van der Waals surface area contributed by atoms with E-state index >= 15 is 0 Å². The third kappa shape index (κ3) is 4.05. The number of aliphatic carboxylic acids is 1. The third-order valence-corrected chi connectivity index (χ3v) is 3.54. The van der Waals surface area contributed by atoms with Crippen LogP contribution >= 0.6 is 22.6 Å². The maximum absolute atomic E-state index is 11.1. The number of hydrogen-bond acceptors (Lipinski definition) is 4. The van der Waals surface area contributed by atoms with Gasteiger partial charge in [-0.3, -0.25) is 14.9 Å². The number of benzene rings is 1. The Morgan fingerprint density at radius 1 is 1.58 bits per heavy atom. The Hall–Kier alpha value is -1.38. The SMILES string of the molecule is CCC(C)N(CC(=O)O)c1ccc(I)cc1[N+](=O)[O-]. The molecule has 1 N–H and O–H groups in total. The van der Waals surface area contributed by atoms with Crippen molar-refractivity contribution in [3.63, 3.8) is 0 Å². The van der Waals surface area contributed by atoms with Crippen molar-refractivity contribution in [3.05, 3.63) is 31.9 Å². The second-order valence-corrected chi connectivity index (χ2v) is 5.41. The fourth-order valence-corrected chi connectivity index (χ4v) is 2.21. The summed E-state index contributed by atoms with van der Waals surface area (Å²) in [6.07, 6.45) is 0.705. The predicted molar refractivity (Wildman–Crippen MR) is 80.5 cm³/mol. The number of carboxylic acids is 1. The van der Waals surface area contributed by atoms with Crippen LogP contribution in [0.1, 0.15) is 20.3 Å². The zero-order valence-electron chi connectivity index (χ0n) is 10.7. The average Bonchev–Trinajstić information content (AvgIpc) is 2.35. The van der Waals surface area contributed by atoms with E-state index in [0.717, 1.165) is 3.57 Å². The molecule has 0 aliphatic rings. The molecular formula is C12H15IN2O4. The standard InChI is InChI=1S/C12H15IN2O4/c1-3-8(2)14(7-12(16)17)10-5-4-9(13)6-11(10)15(18)19/h4-6,8H,3,7H2,1-2H3,(H,16,17). The Kier molecular flexibility index (Phi) is 5.52. The number of halogens is 1. The summed E-state index contributed by atoms with van der Waals surface area (Å²) >= 11 is 1.99. The lowest BCUT2D eigenvalue weighted by molar-refractivity contribution is -0.384.